The molecule has 14 aromatic rings. The summed E-state index contributed by atoms with van der Waals surface area (Å²) in [6.45, 7) is 0. The summed E-state index contributed by atoms with van der Waals surface area (Å²) in [6.07, 6.45) is 0. The van der Waals surface area contributed by atoms with Gasteiger partial charge >= 0.3 is 0 Å². The second kappa shape index (κ2) is 18.7. The maximum atomic E-state index is 2.46. The molecule has 0 amide bonds. The van der Waals surface area contributed by atoms with Gasteiger partial charge in [0, 0.05) is 87.5 Å². The van der Waals surface area contributed by atoms with Crippen LogP contribution >= 0.6 is 11.3 Å². The summed E-state index contributed by atoms with van der Waals surface area (Å²) < 4.78 is 5.06. The summed E-state index contributed by atoms with van der Waals surface area (Å²) >= 11 is 1.86. The van der Waals surface area contributed by atoms with Gasteiger partial charge in [0.15, 0.2) is 0 Å². The van der Waals surface area contributed by atoms with E-state index in [-0.39, 0.29) is 0 Å². The first kappa shape index (κ1) is 44.1. The van der Waals surface area contributed by atoms with E-state index in [9.17, 15) is 0 Å². The Morgan fingerprint density at radius 1 is 0.253 bits per heavy atom. The van der Waals surface area contributed by atoms with E-state index < -0.39 is 0 Å². The fourth-order valence-corrected chi connectivity index (χ4v) is 12.3. The topological polar surface area (TPSA) is 14.7 Å². The third kappa shape index (κ3) is 7.86. The molecule has 0 atom stereocenters. The minimum absolute atomic E-state index is 1.05. The van der Waals surface area contributed by atoms with Crippen molar-refractivity contribution in [2.45, 2.75) is 0 Å². The summed E-state index contributed by atoms with van der Waals surface area (Å²) in [4.78, 5) is 7.17. The Hall–Kier alpha value is -9.68. The Bertz CT molecular complexity index is 4180. The van der Waals surface area contributed by atoms with Gasteiger partial charge in [-0.05, 0) is 144 Å². The molecule has 0 bridgehead atoms. The van der Waals surface area contributed by atoms with Gasteiger partial charge in [0.25, 0.3) is 0 Å². The summed E-state index contributed by atoms with van der Waals surface area (Å²) in [7, 11) is 0. The molecule has 0 spiro atoms. The highest BCUT2D eigenvalue weighted by atomic mass is 32.1. The van der Waals surface area contributed by atoms with Crippen molar-refractivity contribution >= 4 is 115 Å². The smallest absolute Gasteiger partial charge is 0.0561 e. The number of para-hydroxylation sites is 6. The van der Waals surface area contributed by atoms with E-state index in [1.807, 2.05) is 11.3 Å². The number of thiophene rings is 1. The van der Waals surface area contributed by atoms with Crippen LogP contribution < -0.4 is 14.7 Å². The predicted octanol–water partition coefficient (Wildman–Crippen LogP) is 20.4. The van der Waals surface area contributed by atoms with Crippen molar-refractivity contribution < 1.29 is 0 Å². The van der Waals surface area contributed by atoms with Gasteiger partial charge in [-0.25, -0.2) is 0 Å². The van der Waals surface area contributed by atoms with Crippen LogP contribution in [0.25, 0.3) is 69.6 Å². The number of hydrogen-bond donors (Lipinski definition) is 0. The molecule has 5 heteroatoms. The molecule has 0 saturated heterocycles. The number of nitrogens with zero attached hydrogens (tertiary/aromatic N) is 4. The molecule has 0 radical (unpaired) electrons. The Morgan fingerprint density at radius 3 is 1.31 bits per heavy atom. The second-order valence-electron chi connectivity index (χ2n) is 18.9. The number of rotatable bonds is 11. The highest BCUT2D eigenvalue weighted by Gasteiger charge is 2.23. The third-order valence-corrected chi connectivity index (χ3v) is 15.6. The van der Waals surface area contributed by atoms with Gasteiger partial charge in [0.05, 0.1) is 16.7 Å². The molecular formula is C70H48N4S. The quantitative estimate of drug-likeness (QED) is 0.128. The number of hydrogen-bond acceptors (Lipinski definition) is 4. The summed E-state index contributed by atoms with van der Waals surface area (Å²) in [5, 5.41) is 7.33. The van der Waals surface area contributed by atoms with Gasteiger partial charge in [-0.2, -0.15) is 0 Å². The maximum absolute atomic E-state index is 2.46. The zero-order valence-corrected chi connectivity index (χ0v) is 41.7. The maximum Gasteiger partial charge on any atom is 0.0561 e. The van der Waals surface area contributed by atoms with Crippen LogP contribution in [0.1, 0.15) is 0 Å². The lowest BCUT2D eigenvalue weighted by molar-refractivity contribution is 1.18. The van der Waals surface area contributed by atoms with E-state index in [0.29, 0.717) is 0 Å². The molecule has 14 rings (SSSR count). The highest BCUT2D eigenvalue weighted by Crippen LogP contribution is 2.48. The molecule has 0 unspecified atom stereocenters. The molecule has 0 aliphatic rings. The van der Waals surface area contributed by atoms with Crippen molar-refractivity contribution in [2.75, 3.05) is 14.7 Å². The van der Waals surface area contributed by atoms with Gasteiger partial charge < -0.3 is 19.3 Å². The molecule has 0 aliphatic carbocycles. The number of aromatic nitrogens is 1. The monoisotopic (exact) mass is 976 g/mol. The third-order valence-electron chi connectivity index (χ3n) is 14.5. The van der Waals surface area contributed by atoms with Crippen LogP contribution in [-0.4, -0.2) is 4.57 Å². The molecule has 0 N–H and O–H groups in total. The van der Waals surface area contributed by atoms with Crippen LogP contribution in [-0.2, 0) is 0 Å². The van der Waals surface area contributed by atoms with Gasteiger partial charge in [0.2, 0.25) is 0 Å². The van der Waals surface area contributed by atoms with Gasteiger partial charge in [-0.15, -0.1) is 11.3 Å². The largest absolute Gasteiger partial charge is 0.310 e. The molecular weight excluding hydrogens is 929 g/mol. The average Bonchev–Trinajstić information content (AvgIpc) is 4.02. The number of benzene rings is 12. The molecule has 12 aromatic carbocycles. The minimum atomic E-state index is 1.05. The zero-order valence-electron chi connectivity index (χ0n) is 40.9. The first-order valence-electron chi connectivity index (χ1n) is 25.5. The Balaban J connectivity index is 0.979. The van der Waals surface area contributed by atoms with Crippen molar-refractivity contribution in [1.82, 2.24) is 4.57 Å². The Kier molecular flexibility index (Phi) is 11.0. The number of anilines is 9. The Morgan fingerprint density at radius 2 is 0.720 bits per heavy atom. The van der Waals surface area contributed by atoms with Gasteiger partial charge in [-0.1, -0.05) is 164 Å². The summed E-state index contributed by atoms with van der Waals surface area (Å²) in [6, 6.07) is 106. The summed E-state index contributed by atoms with van der Waals surface area (Å²) in [5.74, 6) is 0. The molecule has 0 saturated carbocycles. The molecule has 354 valence electrons. The fourth-order valence-electron chi connectivity index (χ4n) is 11.2. The van der Waals surface area contributed by atoms with Crippen LogP contribution in [0.5, 0.6) is 0 Å². The Labute approximate surface area is 440 Å². The average molecular weight is 977 g/mol. The summed E-state index contributed by atoms with van der Waals surface area (Å²) in [5.41, 5.74) is 15.4. The lowest BCUT2D eigenvalue weighted by Crippen LogP contribution is -2.13. The minimum Gasteiger partial charge on any atom is -0.310 e. The first-order valence-corrected chi connectivity index (χ1v) is 26.3. The van der Waals surface area contributed by atoms with Crippen LogP contribution in [0.4, 0.5) is 51.2 Å². The fraction of sp³-hybridized carbons (Fsp3) is 0. The SMILES string of the molecule is c1ccc(N(c2ccccc2)c2cc(-c3ccc(N(c4ccccc4)c4ccc5c6ccccc6n(-c6ccc7sc8ccccc8c7c6)c5c4)c4ccccc34)cc(N(c3ccccc3)c3ccccc3)c2)cc1. The van der Waals surface area contributed by atoms with E-state index in [0.717, 1.165) is 84.3 Å². The lowest BCUT2D eigenvalue weighted by Gasteiger charge is -2.31. The predicted molar refractivity (Wildman–Crippen MR) is 321 cm³/mol. The van der Waals surface area contributed by atoms with Gasteiger partial charge in [-0.3, -0.25) is 0 Å². The second-order valence-corrected chi connectivity index (χ2v) is 20.0. The van der Waals surface area contributed by atoms with Gasteiger partial charge in [0.1, 0.15) is 0 Å². The molecule has 2 aromatic heterocycles. The van der Waals surface area contributed by atoms with Crippen molar-refractivity contribution in [3.63, 3.8) is 0 Å². The molecule has 75 heavy (non-hydrogen) atoms. The van der Waals surface area contributed by atoms with Crippen molar-refractivity contribution in [3.05, 3.63) is 291 Å². The molecule has 4 nitrogen and oxygen atoms in total. The van der Waals surface area contributed by atoms with Crippen molar-refractivity contribution in [2.24, 2.45) is 0 Å². The number of fused-ring (bicyclic) bond motifs is 7. The normalized spacial score (nSPS) is 11.5. The van der Waals surface area contributed by atoms with Crippen LogP contribution in [0.15, 0.2) is 291 Å². The van der Waals surface area contributed by atoms with E-state index >= 15 is 0 Å². The van der Waals surface area contributed by atoms with E-state index in [1.165, 1.54) is 36.5 Å². The standard InChI is InChI=1S/C70H48N4S/c1-6-22-50(23-7-1)71(51-24-8-2-9-25-51)57-44-49(45-58(46-57)72(52-26-10-3-11-27-52)53-28-12-4-13-29-53)59-41-42-67(61-33-17-16-32-60(59)61)73(54-30-14-5-15-31-54)56-38-40-63-62-34-18-20-36-66(62)74(68(63)48-56)55-39-43-70-65(47-55)64-35-19-21-37-69(64)75-70/h1-48H. The van der Waals surface area contributed by atoms with E-state index in [1.54, 1.807) is 0 Å². The van der Waals surface area contributed by atoms with E-state index in [4.69, 9.17) is 0 Å². The van der Waals surface area contributed by atoms with E-state index in [2.05, 4.69) is 310 Å². The molecule has 2 heterocycles. The van der Waals surface area contributed by atoms with Crippen molar-refractivity contribution in [1.29, 1.82) is 0 Å². The molecule has 0 aliphatic heterocycles. The van der Waals surface area contributed by atoms with Crippen molar-refractivity contribution in [3.8, 4) is 16.8 Å². The van der Waals surface area contributed by atoms with Crippen LogP contribution in [0.2, 0.25) is 0 Å². The lowest BCUT2D eigenvalue weighted by atomic mass is 9.95. The zero-order chi connectivity index (χ0) is 49.7. The highest BCUT2D eigenvalue weighted by molar-refractivity contribution is 7.25. The van der Waals surface area contributed by atoms with Crippen LogP contribution in [0.3, 0.4) is 0 Å². The molecule has 0 fully saturated rings. The van der Waals surface area contributed by atoms with Crippen LogP contribution in [0, 0.1) is 0 Å². The first-order chi connectivity index (χ1) is 37.2.